The van der Waals surface area contributed by atoms with E-state index in [1.165, 1.54) is 0 Å². The van der Waals surface area contributed by atoms with Crippen molar-refractivity contribution in [2.24, 2.45) is 10.2 Å². The Labute approximate surface area is 130 Å². The number of amides is 2. The normalized spacial score (nSPS) is 23.7. The van der Waals surface area contributed by atoms with Gasteiger partial charge in [-0.05, 0) is 39.2 Å². The zero-order valence-corrected chi connectivity index (χ0v) is 13.3. The molecule has 2 bridgehead atoms. The highest BCUT2D eigenvalue weighted by Crippen LogP contribution is 2.41. The van der Waals surface area contributed by atoms with Crippen LogP contribution in [0.5, 0.6) is 0 Å². The summed E-state index contributed by atoms with van der Waals surface area (Å²) in [5.41, 5.74) is 2.07. The lowest BCUT2D eigenvalue weighted by atomic mass is 9.82. The zero-order chi connectivity index (χ0) is 15.7. The molecule has 0 spiro atoms. The summed E-state index contributed by atoms with van der Waals surface area (Å²) in [5.74, 6) is 0.522. The number of fused-ring (bicyclic) bond motifs is 4. The predicted molar refractivity (Wildman–Crippen MR) is 82.1 cm³/mol. The van der Waals surface area contributed by atoms with Crippen molar-refractivity contribution in [3.8, 4) is 0 Å². The van der Waals surface area contributed by atoms with Gasteiger partial charge in [0.15, 0.2) is 5.82 Å². The second-order valence-electron chi connectivity index (χ2n) is 6.18. The molecule has 22 heavy (non-hydrogen) atoms. The topological polar surface area (TPSA) is 82.8 Å². The van der Waals surface area contributed by atoms with Crippen LogP contribution in [0.2, 0.25) is 0 Å². The average molecular weight is 302 g/mol. The molecule has 1 fully saturated rings. The molecule has 3 rings (SSSR count). The molecule has 0 radical (unpaired) electrons. The van der Waals surface area contributed by atoms with Gasteiger partial charge in [0.05, 0.1) is 17.8 Å². The van der Waals surface area contributed by atoms with E-state index in [0.29, 0.717) is 5.82 Å². The summed E-state index contributed by atoms with van der Waals surface area (Å²) >= 11 is 0. The summed E-state index contributed by atoms with van der Waals surface area (Å²) < 4.78 is 0. The van der Waals surface area contributed by atoms with Crippen LogP contribution in [-0.2, 0) is 6.42 Å². The molecule has 3 heterocycles. The Morgan fingerprint density at radius 3 is 2.95 bits per heavy atom. The molecule has 2 aliphatic rings. The van der Waals surface area contributed by atoms with Gasteiger partial charge in [0.2, 0.25) is 0 Å². The Morgan fingerprint density at radius 1 is 1.41 bits per heavy atom. The highest BCUT2D eigenvalue weighted by Gasteiger charge is 2.40. The second kappa shape index (κ2) is 5.98. The highest BCUT2D eigenvalue weighted by molar-refractivity contribution is 5.75. The van der Waals surface area contributed by atoms with Gasteiger partial charge in [0.1, 0.15) is 0 Å². The minimum absolute atomic E-state index is 0.0116. The molecule has 1 saturated heterocycles. The third kappa shape index (κ3) is 2.67. The first-order valence-electron chi connectivity index (χ1n) is 7.87. The van der Waals surface area contributed by atoms with Crippen molar-refractivity contribution in [1.29, 1.82) is 0 Å². The van der Waals surface area contributed by atoms with Crippen LogP contribution in [0, 0.1) is 0 Å². The van der Waals surface area contributed by atoms with Crippen LogP contribution in [0.15, 0.2) is 16.3 Å². The number of azo groups is 1. The van der Waals surface area contributed by atoms with Gasteiger partial charge in [0, 0.05) is 25.1 Å². The lowest BCUT2D eigenvalue weighted by Crippen LogP contribution is -2.52. The number of rotatable bonds is 2. The van der Waals surface area contributed by atoms with E-state index < -0.39 is 0 Å². The Morgan fingerprint density at radius 2 is 2.23 bits per heavy atom. The number of urea groups is 1. The van der Waals surface area contributed by atoms with Crippen molar-refractivity contribution < 1.29 is 4.79 Å². The molecular weight excluding hydrogens is 280 g/mol. The van der Waals surface area contributed by atoms with Gasteiger partial charge in [-0.1, -0.05) is 0 Å². The Balaban J connectivity index is 1.96. The maximum atomic E-state index is 12.2. The van der Waals surface area contributed by atoms with Gasteiger partial charge >= 0.3 is 6.03 Å². The number of hydrogen-bond acceptors (Lipinski definition) is 5. The largest absolute Gasteiger partial charge is 0.341 e. The molecule has 0 aliphatic carbocycles. The molecule has 1 aromatic heterocycles. The van der Waals surface area contributed by atoms with Crippen LogP contribution in [0.4, 0.5) is 10.6 Å². The highest BCUT2D eigenvalue weighted by atomic mass is 16.2. The van der Waals surface area contributed by atoms with Crippen molar-refractivity contribution in [3.05, 3.63) is 17.3 Å². The molecule has 2 aliphatic heterocycles. The van der Waals surface area contributed by atoms with Crippen LogP contribution in [0.3, 0.4) is 0 Å². The summed E-state index contributed by atoms with van der Waals surface area (Å²) in [6.07, 6.45) is 3.89. The summed E-state index contributed by atoms with van der Waals surface area (Å²) in [6.45, 7) is 3.93. The molecule has 118 valence electrons. The number of hydrogen-bond donors (Lipinski definition) is 1. The van der Waals surface area contributed by atoms with Gasteiger partial charge in [-0.25, -0.2) is 4.79 Å². The standard InChI is InChI=1S/C15H22N6O/c1-9(2)17-19-14-8-11-12(18-20-14)7-10-5-4-6-13(11)21(10)15(22)16-3/h8-10,13H,4-7H2,1-3H3,(H,16,22). The monoisotopic (exact) mass is 302 g/mol. The number of carbonyl (C=O) groups excluding carboxylic acids is 1. The number of carbonyl (C=O) groups is 1. The van der Waals surface area contributed by atoms with Crippen LogP contribution >= 0.6 is 0 Å². The molecule has 1 aromatic rings. The predicted octanol–water partition coefficient (Wildman–Crippen LogP) is 2.76. The molecule has 0 aromatic carbocycles. The van der Waals surface area contributed by atoms with Crippen LogP contribution in [0.25, 0.3) is 0 Å². The van der Waals surface area contributed by atoms with E-state index in [2.05, 4.69) is 25.7 Å². The first kappa shape index (κ1) is 14.9. The molecule has 2 atom stereocenters. The third-order valence-corrected chi connectivity index (χ3v) is 4.26. The zero-order valence-electron chi connectivity index (χ0n) is 13.3. The number of piperidine rings is 1. The van der Waals surface area contributed by atoms with Gasteiger partial charge in [0.25, 0.3) is 0 Å². The minimum atomic E-state index is -0.0116. The van der Waals surface area contributed by atoms with E-state index >= 15 is 0 Å². The van der Waals surface area contributed by atoms with E-state index in [9.17, 15) is 4.79 Å². The van der Waals surface area contributed by atoms with Crippen molar-refractivity contribution in [2.75, 3.05) is 7.05 Å². The summed E-state index contributed by atoms with van der Waals surface area (Å²) in [5, 5.41) is 19.5. The summed E-state index contributed by atoms with van der Waals surface area (Å²) in [6, 6.07) is 2.35. The number of aromatic nitrogens is 2. The fourth-order valence-electron chi connectivity index (χ4n) is 3.34. The molecule has 2 unspecified atom stereocenters. The third-order valence-electron chi connectivity index (χ3n) is 4.26. The average Bonchev–Trinajstić information content (AvgIpc) is 2.52. The maximum absolute atomic E-state index is 12.2. The summed E-state index contributed by atoms with van der Waals surface area (Å²) in [7, 11) is 1.68. The first-order chi connectivity index (χ1) is 10.6. The van der Waals surface area contributed by atoms with Crippen LogP contribution < -0.4 is 5.32 Å². The van der Waals surface area contributed by atoms with E-state index in [1.54, 1.807) is 7.05 Å². The van der Waals surface area contributed by atoms with Gasteiger partial charge < -0.3 is 10.2 Å². The van der Waals surface area contributed by atoms with E-state index in [1.807, 2.05) is 24.8 Å². The Kier molecular flexibility index (Phi) is 4.04. The quantitative estimate of drug-likeness (QED) is 0.853. The van der Waals surface area contributed by atoms with Crippen molar-refractivity contribution in [2.45, 2.75) is 57.7 Å². The van der Waals surface area contributed by atoms with Crippen molar-refractivity contribution in [1.82, 2.24) is 20.4 Å². The fraction of sp³-hybridized carbons (Fsp3) is 0.667. The van der Waals surface area contributed by atoms with E-state index in [-0.39, 0.29) is 24.2 Å². The Hall–Kier alpha value is -2.05. The molecule has 2 amide bonds. The molecule has 1 N–H and O–H groups in total. The lowest BCUT2D eigenvalue weighted by Gasteiger charge is -2.45. The molecule has 0 saturated carbocycles. The first-order valence-corrected chi connectivity index (χ1v) is 7.87. The summed E-state index contributed by atoms with van der Waals surface area (Å²) in [4.78, 5) is 14.2. The molecule has 7 nitrogen and oxygen atoms in total. The lowest BCUT2D eigenvalue weighted by molar-refractivity contribution is 0.0962. The van der Waals surface area contributed by atoms with Crippen LogP contribution in [-0.4, -0.2) is 40.3 Å². The Bertz CT molecular complexity index is 600. The van der Waals surface area contributed by atoms with Gasteiger partial charge in [-0.2, -0.15) is 10.2 Å². The minimum Gasteiger partial charge on any atom is -0.341 e. The maximum Gasteiger partial charge on any atom is 0.317 e. The van der Waals surface area contributed by atoms with E-state index in [4.69, 9.17) is 0 Å². The fourth-order valence-corrected chi connectivity index (χ4v) is 3.34. The number of nitrogens with zero attached hydrogens (tertiary/aromatic N) is 5. The molecular formula is C15H22N6O. The number of nitrogens with one attached hydrogen (secondary N) is 1. The van der Waals surface area contributed by atoms with Crippen LogP contribution in [0.1, 0.15) is 50.4 Å². The smallest absolute Gasteiger partial charge is 0.317 e. The SMILES string of the molecule is CNC(=O)N1C2CCCC1c1cc(N=NC(C)C)nnc1C2. The van der Waals surface area contributed by atoms with E-state index in [0.717, 1.165) is 36.9 Å². The van der Waals surface area contributed by atoms with Gasteiger partial charge in [-0.15, -0.1) is 10.2 Å². The van der Waals surface area contributed by atoms with Crippen molar-refractivity contribution >= 4 is 11.8 Å². The van der Waals surface area contributed by atoms with Crippen molar-refractivity contribution in [3.63, 3.8) is 0 Å². The molecule has 7 heteroatoms. The van der Waals surface area contributed by atoms with Gasteiger partial charge in [-0.3, -0.25) is 0 Å². The second-order valence-corrected chi connectivity index (χ2v) is 6.18.